The summed E-state index contributed by atoms with van der Waals surface area (Å²) in [5.41, 5.74) is 7.25. The quantitative estimate of drug-likeness (QED) is 0.345. The van der Waals surface area contributed by atoms with Crippen molar-refractivity contribution < 1.29 is 0 Å². The number of H-pyrrole nitrogens is 1. The van der Waals surface area contributed by atoms with E-state index in [1.807, 2.05) is 18.2 Å². The van der Waals surface area contributed by atoms with Crippen molar-refractivity contribution in [1.82, 2.24) is 9.55 Å². The van der Waals surface area contributed by atoms with Crippen molar-refractivity contribution in [2.75, 3.05) is 0 Å². The predicted octanol–water partition coefficient (Wildman–Crippen LogP) is 6.48. The van der Waals surface area contributed by atoms with Crippen LogP contribution >= 0.6 is 11.3 Å². The van der Waals surface area contributed by atoms with Gasteiger partial charge in [0.25, 0.3) is 0 Å². The summed E-state index contributed by atoms with van der Waals surface area (Å²) in [7, 11) is 0. The Balaban J connectivity index is 1.56. The zero-order valence-corrected chi connectivity index (χ0v) is 17.7. The van der Waals surface area contributed by atoms with Crippen LogP contribution in [0.1, 0.15) is 11.1 Å². The fourth-order valence-corrected chi connectivity index (χ4v) is 4.77. The molecule has 0 spiro atoms. The zero-order valence-electron chi connectivity index (χ0n) is 16.9. The lowest BCUT2D eigenvalue weighted by atomic mass is 10.1. The highest BCUT2D eigenvalue weighted by Crippen LogP contribution is 2.23. The van der Waals surface area contributed by atoms with Crippen LogP contribution in [0.25, 0.3) is 22.2 Å². The van der Waals surface area contributed by atoms with Crippen LogP contribution in [0.5, 0.6) is 0 Å². The molecule has 3 aromatic carbocycles. The van der Waals surface area contributed by atoms with Gasteiger partial charge in [0.2, 0.25) is 0 Å². The second-order valence-electron chi connectivity index (χ2n) is 7.48. The van der Waals surface area contributed by atoms with Gasteiger partial charge in [0, 0.05) is 29.0 Å². The van der Waals surface area contributed by atoms with E-state index in [4.69, 9.17) is 4.99 Å². The Hall–Kier alpha value is -3.37. The fourth-order valence-electron chi connectivity index (χ4n) is 3.82. The van der Waals surface area contributed by atoms with Crippen LogP contribution in [0.3, 0.4) is 0 Å². The molecule has 30 heavy (non-hydrogen) atoms. The minimum atomic E-state index is 0.875. The van der Waals surface area contributed by atoms with Gasteiger partial charge in [-0.3, -0.25) is 0 Å². The SMILES string of the molecule is Cc1ccc2[nH]cc(CCn3c(-c4ccccc4)csc3=Nc3ccccc3)c2c1. The van der Waals surface area contributed by atoms with E-state index in [-0.39, 0.29) is 0 Å². The number of hydrogen-bond acceptors (Lipinski definition) is 2. The number of thiazole rings is 1. The third-order valence-electron chi connectivity index (χ3n) is 5.38. The average Bonchev–Trinajstić information content (AvgIpc) is 3.37. The number of nitrogens with zero attached hydrogens (tertiary/aromatic N) is 2. The number of aromatic amines is 1. The summed E-state index contributed by atoms with van der Waals surface area (Å²) in [6.07, 6.45) is 3.09. The smallest absolute Gasteiger partial charge is 0.190 e. The Morgan fingerprint density at radius 2 is 1.70 bits per heavy atom. The number of benzene rings is 3. The van der Waals surface area contributed by atoms with Gasteiger partial charge in [-0.05, 0) is 48.7 Å². The highest BCUT2D eigenvalue weighted by atomic mass is 32.1. The van der Waals surface area contributed by atoms with E-state index in [0.717, 1.165) is 23.5 Å². The second-order valence-corrected chi connectivity index (χ2v) is 8.32. The molecule has 0 aliphatic carbocycles. The Kier molecular flexibility index (Phi) is 5.08. The van der Waals surface area contributed by atoms with Crippen LogP contribution in [-0.2, 0) is 13.0 Å². The first kappa shape index (κ1) is 18.6. The third-order valence-corrected chi connectivity index (χ3v) is 6.24. The normalized spacial score (nSPS) is 12.0. The van der Waals surface area contributed by atoms with Crippen molar-refractivity contribution in [1.29, 1.82) is 0 Å². The maximum atomic E-state index is 4.94. The van der Waals surface area contributed by atoms with E-state index in [0.29, 0.717) is 0 Å². The lowest BCUT2D eigenvalue weighted by Crippen LogP contribution is -2.17. The maximum Gasteiger partial charge on any atom is 0.190 e. The number of aryl methyl sites for hydroxylation is 2. The first-order valence-electron chi connectivity index (χ1n) is 10.2. The largest absolute Gasteiger partial charge is 0.361 e. The molecule has 0 unspecified atom stereocenters. The van der Waals surface area contributed by atoms with Crippen LogP contribution in [-0.4, -0.2) is 9.55 Å². The van der Waals surface area contributed by atoms with Crippen molar-refractivity contribution in [3.63, 3.8) is 0 Å². The number of rotatable bonds is 5. The molecule has 3 nitrogen and oxygen atoms in total. The van der Waals surface area contributed by atoms with Gasteiger partial charge >= 0.3 is 0 Å². The average molecular weight is 410 g/mol. The number of nitrogens with one attached hydrogen (secondary N) is 1. The Morgan fingerprint density at radius 1 is 0.933 bits per heavy atom. The topological polar surface area (TPSA) is 33.1 Å². The van der Waals surface area contributed by atoms with Gasteiger partial charge in [-0.2, -0.15) is 0 Å². The lowest BCUT2D eigenvalue weighted by molar-refractivity contribution is 0.686. The minimum Gasteiger partial charge on any atom is -0.361 e. The van der Waals surface area contributed by atoms with Crippen molar-refractivity contribution >= 4 is 27.9 Å². The molecule has 0 atom stereocenters. The summed E-state index contributed by atoms with van der Waals surface area (Å²) in [4.78, 5) is 9.38. The molecule has 0 aliphatic heterocycles. The minimum absolute atomic E-state index is 0.875. The molecule has 0 aliphatic rings. The van der Waals surface area contributed by atoms with Gasteiger partial charge in [-0.1, -0.05) is 60.2 Å². The summed E-state index contributed by atoms with van der Waals surface area (Å²) in [6, 6.07) is 27.3. The van der Waals surface area contributed by atoms with E-state index >= 15 is 0 Å². The summed E-state index contributed by atoms with van der Waals surface area (Å²) in [5, 5.41) is 3.53. The van der Waals surface area contributed by atoms with E-state index in [2.05, 4.69) is 88.7 Å². The van der Waals surface area contributed by atoms with Gasteiger partial charge in [0.05, 0.1) is 11.4 Å². The number of hydrogen-bond donors (Lipinski definition) is 1. The summed E-state index contributed by atoms with van der Waals surface area (Å²) >= 11 is 1.70. The van der Waals surface area contributed by atoms with Crippen LogP contribution in [0.15, 0.2) is 95.4 Å². The van der Waals surface area contributed by atoms with E-state index in [1.54, 1.807) is 11.3 Å². The molecule has 4 heteroatoms. The van der Waals surface area contributed by atoms with Gasteiger partial charge in [-0.15, -0.1) is 11.3 Å². The molecule has 1 N–H and O–H groups in total. The molecule has 0 amide bonds. The predicted molar refractivity (Wildman–Crippen MR) is 126 cm³/mol. The molecule has 0 saturated heterocycles. The lowest BCUT2D eigenvalue weighted by Gasteiger charge is -2.09. The van der Waals surface area contributed by atoms with Crippen molar-refractivity contribution in [3.8, 4) is 11.3 Å². The number of para-hydroxylation sites is 1. The monoisotopic (exact) mass is 409 g/mol. The van der Waals surface area contributed by atoms with Gasteiger partial charge < -0.3 is 9.55 Å². The molecule has 0 bridgehead atoms. The van der Waals surface area contributed by atoms with E-state index in [1.165, 1.54) is 33.3 Å². The van der Waals surface area contributed by atoms with Crippen molar-refractivity contribution in [3.05, 3.63) is 106 Å². The van der Waals surface area contributed by atoms with Crippen molar-refractivity contribution in [2.24, 2.45) is 4.99 Å². The molecular formula is C26H23N3S. The first-order chi connectivity index (χ1) is 14.8. The molecule has 2 aromatic heterocycles. The van der Waals surface area contributed by atoms with E-state index < -0.39 is 0 Å². The standard InChI is InChI=1S/C26H23N3S/c1-19-12-13-24-23(16-19)21(17-27-24)14-15-29-25(20-8-4-2-5-9-20)18-30-26(29)28-22-10-6-3-7-11-22/h2-13,16-18,27H,14-15H2,1H3. The van der Waals surface area contributed by atoms with Crippen LogP contribution in [0.4, 0.5) is 5.69 Å². The fraction of sp³-hybridized carbons (Fsp3) is 0.115. The maximum absolute atomic E-state index is 4.94. The Labute approximate surface area is 180 Å². The molecule has 0 radical (unpaired) electrons. The molecule has 0 fully saturated rings. The van der Waals surface area contributed by atoms with Gasteiger partial charge in [0.1, 0.15) is 0 Å². The molecule has 148 valence electrons. The summed E-state index contributed by atoms with van der Waals surface area (Å²) < 4.78 is 2.35. The highest BCUT2D eigenvalue weighted by Gasteiger charge is 2.10. The second kappa shape index (κ2) is 8.17. The summed E-state index contributed by atoms with van der Waals surface area (Å²) in [6.45, 7) is 3.02. The first-order valence-corrected chi connectivity index (χ1v) is 11.1. The van der Waals surface area contributed by atoms with Gasteiger partial charge in [-0.25, -0.2) is 4.99 Å². The highest BCUT2D eigenvalue weighted by molar-refractivity contribution is 7.07. The number of fused-ring (bicyclic) bond motifs is 1. The summed E-state index contributed by atoms with van der Waals surface area (Å²) in [5.74, 6) is 0. The van der Waals surface area contributed by atoms with Crippen LogP contribution in [0.2, 0.25) is 0 Å². The van der Waals surface area contributed by atoms with Crippen molar-refractivity contribution in [2.45, 2.75) is 19.9 Å². The molecule has 5 aromatic rings. The number of aromatic nitrogens is 2. The Morgan fingerprint density at radius 3 is 2.50 bits per heavy atom. The van der Waals surface area contributed by atoms with Crippen LogP contribution in [0, 0.1) is 6.92 Å². The van der Waals surface area contributed by atoms with Gasteiger partial charge in [0.15, 0.2) is 4.80 Å². The molecule has 0 saturated carbocycles. The van der Waals surface area contributed by atoms with E-state index in [9.17, 15) is 0 Å². The molecule has 5 rings (SSSR count). The van der Waals surface area contributed by atoms with Crippen LogP contribution < -0.4 is 4.80 Å². The molecule has 2 heterocycles. The third kappa shape index (κ3) is 3.74. The molecular weight excluding hydrogens is 386 g/mol. The zero-order chi connectivity index (χ0) is 20.3. The Bertz CT molecular complexity index is 1340.